The van der Waals surface area contributed by atoms with Crippen LogP contribution in [-0.2, 0) is 11.2 Å². The quantitative estimate of drug-likeness (QED) is 0.511. The highest BCUT2D eigenvalue weighted by Gasteiger charge is 2.04. The highest BCUT2D eigenvalue weighted by Crippen LogP contribution is 2.24. The average Bonchev–Trinajstić information content (AvgIpc) is 2.40. The number of hydrogen-bond donors (Lipinski definition) is 2. The lowest BCUT2D eigenvalue weighted by atomic mass is 10.1. The Labute approximate surface area is 122 Å². The Bertz CT molecular complexity index is 381. The van der Waals surface area contributed by atoms with Gasteiger partial charge in [0.1, 0.15) is 5.75 Å². The molecule has 0 fully saturated rings. The van der Waals surface area contributed by atoms with E-state index in [4.69, 9.17) is 15.2 Å². The molecule has 20 heavy (non-hydrogen) atoms. The van der Waals surface area contributed by atoms with E-state index >= 15 is 0 Å². The molecule has 0 unspecified atom stereocenters. The number of ether oxygens (including phenoxy) is 2. The first-order valence-corrected chi connectivity index (χ1v) is 7.38. The molecule has 4 nitrogen and oxygen atoms in total. The van der Waals surface area contributed by atoms with Gasteiger partial charge in [-0.05, 0) is 63.9 Å². The highest BCUT2D eigenvalue weighted by atomic mass is 16.5. The SMILES string of the molecule is COCCCNCCCc1ccc(OC(C)C)c(N)c1. The lowest BCUT2D eigenvalue weighted by Gasteiger charge is -2.13. The Morgan fingerprint density at radius 1 is 1.20 bits per heavy atom. The standard InChI is InChI=1S/C16H28N2O2/c1-13(2)20-16-8-7-14(12-15(16)17)6-4-9-18-10-5-11-19-3/h7-8,12-13,18H,4-6,9-11,17H2,1-3H3. The van der Waals surface area contributed by atoms with Crippen LogP contribution in [0.5, 0.6) is 5.75 Å². The van der Waals surface area contributed by atoms with E-state index in [1.165, 1.54) is 5.56 Å². The zero-order valence-electron chi connectivity index (χ0n) is 12.9. The molecule has 0 aliphatic heterocycles. The van der Waals surface area contributed by atoms with Crippen molar-refractivity contribution < 1.29 is 9.47 Å². The summed E-state index contributed by atoms with van der Waals surface area (Å²) in [6, 6.07) is 6.08. The lowest BCUT2D eigenvalue weighted by molar-refractivity contribution is 0.194. The van der Waals surface area contributed by atoms with Gasteiger partial charge >= 0.3 is 0 Å². The lowest BCUT2D eigenvalue weighted by Crippen LogP contribution is -2.18. The van der Waals surface area contributed by atoms with Crippen LogP contribution >= 0.6 is 0 Å². The molecule has 114 valence electrons. The first-order valence-electron chi connectivity index (χ1n) is 7.38. The molecule has 1 rings (SSSR count). The van der Waals surface area contributed by atoms with Crippen molar-refractivity contribution in [3.05, 3.63) is 23.8 Å². The van der Waals surface area contributed by atoms with Gasteiger partial charge in [0.05, 0.1) is 11.8 Å². The van der Waals surface area contributed by atoms with E-state index in [-0.39, 0.29) is 6.10 Å². The molecule has 1 aromatic carbocycles. The summed E-state index contributed by atoms with van der Waals surface area (Å²) in [5.41, 5.74) is 7.99. The molecule has 4 heteroatoms. The summed E-state index contributed by atoms with van der Waals surface area (Å²) in [6.07, 6.45) is 3.35. The van der Waals surface area contributed by atoms with Crippen molar-refractivity contribution in [1.82, 2.24) is 5.32 Å². The topological polar surface area (TPSA) is 56.5 Å². The van der Waals surface area contributed by atoms with Gasteiger partial charge in [0.15, 0.2) is 0 Å². The number of anilines is 1. The van der Waals surface area contributed by atoms with Crippen LogP contribution in [0.1, 0.15) is 32.3 Å². The van der Waals surface area contributed by atoms with Gasteiger partial charge in [-0.15, -0.1) is 0 Å². The summed E-state index contributed by atoms with van der Waals surface area (Å²) in [5, 5.41) is 3.41. The summed E-state index contributed by atoms with van der Waals surface area (Å²) in [5.74, 6) is 0.779. The number of nitrogen functional groups attached to an aromatic ring is 1. The Morgan fingerprint density at radius 2 is 1.95 bits per heavy atom. The molecule has 0 aromatic heterocycles. The molecule has 0 atom stereocenters. The molecule has 0 radical (unpaired) electrons. The molecular weight excluding hydrogens is 252 g/mol. The van der Waals surface area contributed by atoms with Crippen LogP contribution in [0.25, 0.3) is 0 Å². The molecule has 3 N–H and O–H groups in total. The molecule has 0 heterocycles. The molecule has 0 saturated carbocycles. The Balaban J connectivity index is 2.25. The summed E-state index contributed by atoms with van der Waals surface area (Å²) in [4.78, 5) is 0. The van der Waals surface area contributed by atoms with Crippen LogP contribution in [0.2, 0.25) is 0 Å². The molecular formula is C16H28N2O2. The van der Waals surface area contributed by atoms with Crippen molar-refractivity contribution in [3.63, 3.8) is 0 Å². The number of aryl methyl sites for hydroxylation is 1. The fraction of sp³-hybridized carbons (Fsp3) is 0.625. The van der Waals surface area contributed by atoms with Crippen molar-refractivity contribution in [2.24, 2.45) is 0 Å². The number of methoxy groups -OCH3 is 1. The third-order valence-corrected chi connectivity index (χ3v) is 2.96. The third-order valence-electron chi connectivity index (χ3n) is 2.96. The van der Waals surface area contributed by atoms with E-state index in [2.05, 4.69) is 11.4 Å². The van der Waals surface area contributed by atoms with Crippen LogP contribution < -0.4 is 15.8 Å². The van der Waals surface area contributed by atoms with Crippen molar-refractivity contribution in [2.75, 3.05) is 32.5 Å². The largest absolute Gasteiger partial charge is 0.489 e. The van der Waals surface area contributed by atoms with E-state index in [1.54, 1.807) is 7.11 Å². The fourth-order valence-electron chi connectivity index (χ4n) is 2.00. The van der Waals surface area contributed by atoms with E-state index in [0.29, 0.717) is 0 Å². The maximum atomic E-state index is 6.00. The monoisotopic (exact) mass is 280 g/mol. The average molecular weight is 280 g/mol. The highest BCUT2D eigenvalue weighted by molar-refractivity contribution is 5.54. The Morgan fingerprint density at radius 3 is 2.60 bits per heavy atom. The Kier molecular flexibility index (Phi) is 8.07. The molecule has 0 saturated heterocycles. The van der Waals surface area contributed by atoms with Crippen LogP contribution in [-0.4, -0.2) is 32.9 Å². The molecule has 0 bridgehead atoms. The summed E-state index contributed by atoms with van der Waals surface area (Å²) in [7, 11) is 1.73. The normalized spacial score (nSPS) is 11.0. The van der Waals surface area contributed by atoms with Gasteiger partial charge < -0.3 is 20.5 Å². The number of nitrogens with two attached hydrogens (primary N) is 1. The number of benzene rings is 1. The molecule has 0 spiro atoms. The van der Waals surface area contributed by atoms with Gasteiger partial charge in [0, 0.05) is 13.7 Å². The molecule has 0 aliphatic carbocycles. The van der Waals surface area contributed by atoms with Gasteiger partial charge in [-0.1, -0.05) is 6.07 Å². The van der Waals surface area contributed by atoms with Gasteiger partial charge in [0.2, 0.25) is 0 Å². The van der Waals surface area contributed by atoms with Gasteiger partial charge in [0.25, 0.3) is 0 Å². The van der Waals surface area contributed by atoms with Crippen LogP contribution in [0.3, 0.4) is 0 Å². The predicted octanol–water partition coefficient (Wildman–Crippen LogP) is 2.61. The van der Waals surface area contributed by atoms with Gasteiger partial charge in [-0.2, -0.15) is 0 Å². The van der Waals surface area contributed by atoms with Crippen LogP contribution in [0.15, 0.2) is 18.2 Å². The maximum absolute atomic E-state index is 6.00. The minimum Gasteiger partial charge on any atom is -0.489 e. The second-order valence-electron chi connectivity index (χ2n) is 5.24. The number of hydrogen-bond acceptors (Lipinski definition) is 4. The Hall–Kier alpha value is -1.26. The second kappa shape index (κ2) is 9.61. The second-order valence-corrected chi connectivity index (χ2v) is 5.24. The first kappa shape index (κ1) is 16.8. The zero-order valence-corrected chi connectivity index (χ0v) is 12.9. The van der Waals surface area contributed by atoms with Gasteiger partial charge in [-0.3, -0.25) is 0 Å². The van der Waals surface area contributed by atoms with Crippen molar-refractivity contribution in [1.29, 1.82) is 0 Å². The first-order chi connectivity index (χ1) is 9.63. The third kappa shape index (κ3) is 6.78. The summed E-state index contributed by atoms with van der Waals surface area (Å²) in [6.45, 7) is 6.86. The summed E-state index contributed by atoms with van der Waals surface area (Å²) < 4.78 is 10.6. The van der Waals surface area contributed by atoms with Gasteiger partial charge in [-0.25, -0.2) is 0 Å². The smallest absolute Gasteiger partial charge is 0.142 e. The zero-order chi connectivity index (χ0) is 14.8. The number of rotatable bonds is 10. The molecule has 1 aromatic rings. The fourth-order valence-corrected chi connectivity index (χ4v) is 2.00. The van der Waals surface area contributed by atoms with E-state index in [1.807, 2.05) is 26.0 Å². The minimum absolute atomic E-state index is 0.152. The summed E-state index contributed by atoms with van der Waals surface area (Å²) >= 11 is 0. The van der Waals surface area contributed by atoms with Crippen LogP contribution in [0.4, 0.5) is 5.69 Å². The number of nitrogens with one attached hydrogen (secondary N) is 1. The predicted molar refractivity (Wildman–Crippen MR) is 84.3 cm³/mol. The molecule has 0 aliphatic rings. The van der Waals surface area contributed by atoms with Crippen LogP contribution in [0, 0.1) is 0 Å². The van der Waals surface area contributed by atoms with Crippen molar-refractivity contribution in [2.45, 2.75) is 39.2 Å². The van der Waals surface area contributed by atoms with Crippen molar-refractivity contribution in [3.8, 4) is 5.75 Å². The maximum Gasteiger partial charge on any atom is 0.142 e. The van der Waals surface area contributed by atoms with E-state index in [9.17, 15) is 0 Å². The molecule has 0 amide bonds. The minimum atomic E-state index is 0.152. The van der Waals surface area contributed by atoms with E-state index < -0.39 is 0 Å². The van der Waals surface area contributed by atoms with E-state index in [0.717, 1.165) is 50.4 Å². The van der Waals surface area contributed by atoms with Crippen molar-refractivity contribution >= 4 is 5.69 Å².